The Kier molecular flexibility index (Phi) is 5.99. The van der Waals surface area contributed by atoms with Crippen LogP contribution in [0, 0.1) is 0 Å². The zero-order valence-corrected chi connectivity index (χ0v) is 13.0. The number of carboxylic acids is 1. The van der Waals surface area contributed by atoms with Crippen molar-refractivity contribution in [3.8, 4) is 0 Å². The summed E-state index contributed by atoms with van der Waals surface area (Å²) in [5.74, 6) is -0.0837. The maximum absolute atomic E-state index is 11.1. The second-order valence-corrected chi connectivity index (χ2v) is 6.37. The number of aliphatic carboxylic acids is 1. The van der Waals surface area contributed by atoms with Crippen molar-refractivity contribution in [3.05, 3.63) is 28.2 Å². The number of hydrogen-bond acceptors (Lipinski definition) is 4. The monoisotopic (exact) mass is 335 g/mol. The van der Waals surface area contributed by atoms with Crippen LogP contribution >= 0.6 is 35.0 Å². The smallest absolute Gasteiger partial charge is 0.323 e. The highest BCUT2D eigenvalue weighted by atomic mass is 35.5. The molecule has 110 valence electrons. The van der Waals surface area contributed by atoms with E-state index in [1.54, 1.807) is 23.9 Å². The highest BCUT2D eigenvalue weighted by molar-refractivity contribution is 7.99. The van der Waals surface area contributed by atoms with E-state index in [-0.39, 0.29) is 6.61 Å². The minimum absolute atomic E-state index is 0.248. The van der Waals surface area contributed by atoms with Crippen LogP contribution in [-0.4, -0.2) is 54.1 Å². The van der Waals surface area contributed by atoms with Crippen LogP contribution in [0.3, 0.4) is 0 Å². The van der Waals surface area contributed by atoms with Crippen LogP contribution < -0.4 is 0 Å². The van der Waals surface area contributed by atoms with Crippen molar-refractivity contribution in [3.63, 3.8) is 0 Å². The van der Waals surface area contributed by atoms with E-state index in [9.17, 15) is 4.79 Å². The van der Waals surface area contributed by atoms with Crippen LogP contribution in [0.15, 0.2) is 23.1 Å². The predicted molar refractivity (Wildman–Crippen MR) is 81.0 cm³/mol. The molecule has 1 N–H and O–H groups in total. The van der Waals surface area contributed by atoms with Crippen LogP contribution in [0.5, 0.6) is 0 Å². The van der Waals surface area contributed by atoms with Crippen LogP contribution in [0.25, 0.3) is 0 Å². The van der Waals surface area contributed by atoms with Gasteiger partial charge in [0.25, 0.3) is 0 Å². The predicted octanol–water partition coefficient (Wildman–Crippen LogP) is 2.87. The van der Waals surface area contributed by atoms with E-state index in [1.807, 2.05) is 11.0 Å². The Balaban J connectivity index is 1.88. The number of thioether (sulfide) groups is 1. The molecular formula is C13H15Cl2NO3S. The van der Waals surface area contributed by atoms with Gasteiger partial charge in [-0.05, 0) is 18.2 Å². The Morgan fingerprint density at radius 1 is 1.50 bits per heavy atom. The van der Waals surface area contributed by atoms with Crippen LogP contribution in [0.2, 0.25) is 10.0 Å². The summed E-state index contributed by atoms with van der Waals surface area (Å²) in [4.78, 5) is 14.0. The largest absolute Gasteiger partial charge is 0.480 e. The molecule has 7 heteroatoms. The van der Waals surface area contributed by atoms with Gasteiger partial charge in [0.05, 0.1) is 18.2 Å². The Labute approximate surface area is 132 Å². The fourth-order valence-electron chi connectivity index (χ4n) is 1.99. The molecule has 0 aromatic heterocycles. The molecule has 0 aliphatic carbocycles. The molecule has 20 heavy (non-hydrogen) atoms. The van der Waals surface area contributed by atoms with Crippen molar-refractivity contribution in [2.45, 2.75) is 10.9 Å². The molecular weight excluding hydrogens is 321 g/mol. The standard InChI is InChI=1S/C13H15Cl2NO3S/c14-9-1-2-10(15)12(7-9)20-6-4-16-3-5-19-8-11(16)13(17)18/h1-2,7,11H,3-6,8H2,(H,17,18). The van der Waals surface area contributed by atoms with Gasteiger partial charge in [-0.25, -0.2) is 0 Å². The third kappa shape index (κ3) is 4.27. The first kappa shape index (κ1) is 15.9. The lowest BCUT2D eigenvalue weighted by Crippen LogP contribution is -2.50. The molecule has 0 radical (unpaired) electrons. The van der Waals surface area contributed by atoms with Crippen molar-refractivity contribution in [2.24, 2.45) is 0 Å². The number of carboxylic acid groups (broad SMARTS) is 1. The number of carbonyl (C=O) groups is 1. The van der Waals surface area contributed by atoms with Gasteiger partial charge in [-0.1, -0.05) is 23.2 Å². The van der Waals surface area contributed by atoms with E-state index in [2.05, 4.69) is 0 Å². The minimum Gasteiger partial charge on any atom is -0.480 e. The van der Waals surface area contributed by atoms with E-state index < -0.39 is 12.0 Å². The average Bonchev–Trinajstić information content (AvgIpc) is 2.43. The second kappa shape index (κ2) is 7.52. The van der Waals surface area contributed by atoms with Gasteiger partial charge in [0, 0.05) is 28.8 Å². The molecule has 1 aliphatic rings. The number of halogens is 2. The first-order valence-electron chi connectivity index (χ1n) is 6.20. The summed E-state index contributed by atoms with van der Waals surface area (Å²) >= 11 is 13.6. The summed E-state index contributed by atoms with van der Waals surface area (Å²) in [5.41, 5.74) is 0. The third-order valence-corrected chi connectivity index (χ3v) is 4.77. The van der Waals surface area contributed by atoms with Crippen LogP contribution in [0.1, 0.15) is 0 Å². The van der Waals surface area contributed by atoms with Crippen molar-refractivity contribution < 1.29 is 14.6 Å². The van der Waals surface area contributed by atoms with Crippen LogP contribution in [0.4, 0.5) is 0 Å². The fraction of sp³-hybridized carbons (Fsp3) is 0.462. The third-order valence-electron chi connectivity index (χ3n) is 3.05. The van der Waals surface area contributed by atoms with Gasteiger partial charge < -0.3 is 9.84 Å². The maximum atomic E-state index is 11.1. The molecule has 1 fully saturated rings. The summed E-state index contributed by atoms with van der Waals surface area (Å²) < 4.78 is 5.21. The van der Waals surface area contributed by atoms with Crippen molar-refractivity contribution in [1.29, 1.82) is 0 Å². The molecule has 0 bridgehead atoms. The molecule has 1 heterocycles. The summed E-state index contributed by atoms with van der Waals surface area (Å²) in [6.07, 6.45) is 0. The SMILES string of the molecule is O=C(O)C1COCCN1CCSc1cc(Cl)ccc1Cl. The zero-order chi connectivity index (χ0) is 14.5. The number of nitrogens with zero attached hydrogens (tertiary/aromatic N) is 1. The molecule has 4 nitrogen and oxygen atoms in total. The maximum Gasteiger partial charge on any atom is 0.323 e. The zero-order valence-electron chi connectivity index (χ0n) is 10.7. The lowest BCUT2D eigenvalue weighted by molar-refractivity contribution is -0.149. The van der Waals surface area contributed by atoms with Gasteiger partial charge in [0.1, 0.15) is 6.04 Å². The highest BCUT2D eigenvalue weighted by Crippen LogP contribution is 2.29. The van der Waals surface area contributed by atoms with E-state index in [4.69, 9.17) is 33.0 Å². The van der Waals surface area contributed by atoms with Gasteiger partial charge in [0.2, 0.25) is 0 Å². The summed E-state index contributed by atoms with van der Waals surface area (Å²) in [5, 5.41) is 10.4. The van der Waals surface area contributed by atoms with Gasteiger partial charge in [-0.3, -0.25) is 9.69 Å². The van der Waals surface area contributed by atoms with Crippen molar-refractivity contribution >= 4 is 40.9 Å². The molecule has 2 rings (SSSR count). The van der Waals surface area contributed by atoms with Gasteiger partial charge in [0.15, 0.2) is 0 Å². The Hall–Kier alpha value is -0.460. The Bertz CT molecular complexity index is 487. The molecule has 1 unspecified atom stereocenters. The van der Waals surface area contributed by atoms with E-state index in [0.717, 1.165) is 10.6 Å². The number of benzene rings is 1. The summed E-state index contributed by atoms with van der Waals surface area (Å²) in [6.45, 7) is 2.14. The summed E-state index contributed by atoms with van der Waals surface area (Å²) in [6, 6.07) is 4.78. The van der Waals surface area contributed by atoms with Crippen molar-refractivity contribution in [2.75, 3.05) is 32.1 Å². The Morgan fingerprint density at radius 3 is 3.05 bits per heavy atom. The van der Waals surface area contributed by atoms with E-state index in [1.165, 1.54) is 0 Å². The van der Waals surface area contributed by atoms with Gasteiger partial charge >= 0.3 is 5.97 Å². The molecule has 0 spiro atoms. The van der Waals surface area contributed by atoms with Crippen molar-refractivity contribution in [1.82, 2.24) is 4.90 Å². The highest BCUT2D eigenvalue weighted by Gasteiger charge is 2.28. The number of ether oxygens (including phenoxy) is 1. The lowest BCUT2D eigenvalue weighted by atomic mass is 10.2. The lowest BCUT2D eigenvalue weighted by Gasteiger charge is -2.32. The molecule has 1 saturated heterocycles. The molecule has 0 saturated carbocycles. The molecule has 1 atom stereocenters. The molecule has 1 aromatic rings. The molecule has 1 aliphatic heterocycles. The average molecular weight is 336 g/mol. The second-order valence-electron chi connectivity index (χ2n) is 4.39. The molecule has 0 amide bonds. The first-order valence-corrected chi connectivity index (χ1v) is 7.94. The fourth-order valence-corrected chi connectivity index (χ4v) is 3.47. The number of rotatable bonds is 5. The number of hydrogen-bond donors (Lipinski definition) is 1. The summed E-state index contributed by atoms with van der Waals surface area (Å²) in [7, 11) is 0. The van der Waals surface area contributed by atoms with Gasteiger partial charge in [-0.15, -0.1) is 11.8 Å². The van der Waals surface area contributed by atoms with E-state index >= 15 is 0 Å². The number of morpholine rings is 1. The van der Waals surface area contributed by atoms with Gasteiger partial charge in [-0.2, -0.15) is 0 Å². The first-order chi connectivity index (χ1) is 9.58. The minimum atomic E-state index is -0.838. The Morgan fingerprint density at radius 2 is 2.30 bits per heavy atom. The molecule has 1 aromatic carbocycles. The topological polar surface area (TPSA) is 49.8 Å². The quantitative estimate of drug-likeness (QED) is 0.838. The van der Waals surface area contributed by atoms with E-state index in [0.29, 0.717) is 29.7 Å². The van der Waals surface area contributed by atoms with Crippen LogP contribution in [-0.2, 0) is 9.53 Å². The normalized spacial score (nSPS) is 20.0.